The molecule has 6 unspecified atom stereocenters. The van der Waals surface area contributed by atoms with Crippen molar-refractivity contribution >= 4 is 0 Å². The molecule has 0 amide bonds. The summed E-state index contributed by atoms with van der Waals surface area (Å²) in [5.41, 5.74) is 6.33. The van der Waals surface area contributed by atoms with Crippen LogP contribution in [0.15, 0.2) is 0 Å². The zero-order chi connectivity index (χ0) is 13.5. The third-order valence-corrected chi connectivity index (χ3v) is 7.01. The predicted molar refractivity (Wildman–Crippen MR) is 81.1 cm³/mol. The Morgan fingerprint density at radius 1 is 0.850 bits per heavy atom. The van der Waals surface area contributed by atoms with Gasteiger partial charge in [-0.1, -0.05) is 38.5 Å². The average molecular weight is 277 g/mol. The average Bonchev–Trinajstić information content (AvgIpc) is 3.11. The molecule has 0 radical (unpaired) electrons. The fourth-order valence-corrected chi connectivity index (χ4v) is 6.19. The van der Waals surface area contributed by atoms with Gasteiger partial charge in [0.25, 0.3) is 0 Å². The first-order chi connectivity index (χ1) is 9.81. The highest BCUT2D eigenvalue weighted by Crippen LogP contribution is 2.59. The van der Waals surface area contributed by atoms with E-state index in [1.165, 1.54) is 64.2 Å². The first-order valence-electron chi connectivity index (χ1n) is 9.22. The molecule has 0 saturated heterocycles. The van der Waals surface area contributed by atoms with Crippen LogP contribution in [0.1, 0.15) is 70.6 Å². The van der Waals surface area contributed by atoms with Gasteiger partial charge in [-0.15, -0.1) is 0 Å². The summed E-state index contributed by atoms with van der Waals surface area (Å²) in [5.74, 6) is 4.76. The quantitative estimate of drug-likeness (QED) is 0.786. The van der Waals surface area contributed by atoms with Gasteiger partial charge in [-0.2, -0.15) is 0 Å². The van der Waals surface area contributed by atoms with E-state index in [0.29, 0.717) is 6.10 Å². The SMILES string of the molecule is NC(CC1CCCCC1)OC1CC2CC1C1CCCC21. The molecule has 0 heterocycles. The van der Waals surface area contributed by atoms with Crippen LogP contribution in [0.5, 0.6) is 0 Å². The molecule has 4 aliphatic rings. The van der Waals surface area contributed by atoms with Crippen molar-refractivity contribution in [3.63, 3.8) is 0 Å². The van der Waals surface area contributed by atoms with Crippen LogP contribution in [0.2, 0.25) is 0 Å². The molecule has 114 valence electrons. The molecule has 2 heteroatoms. The number of fused-ring (bicyclic) bond motifs is 5. The third-order valence-electron chi connectivity index (χ3n) is 7.01. The minimum atomic E-state index is 0.0160. The Bertz CT molecular complexity index is 338. The molecule has 20 heavy (non-hydrogen) atoms. The lowest BCUT2D eigenvalue weighted by molar-refractivity contribution is -0.0647. The molecule has 2 bridgehead atoms. The van der Waals surface area contributed by atoms with E-state index in [4.69, 9.17) is 10.5 Å². The fourth-order valence-electron chi connectivity index (χ4n) is 6.19. The maximum absolute atomic E-state index is 6.33. The summed E-state index contributed by atoms with van der Waals surface area (Å²) in [7, 11) is 0. The van der Waals surface area contributed by atoms with Crippen molar-refractivity contribution in [3.8, 4) is 0 Å². The molecule has 4 rings (SSSR count). The summed E-state index contributed by atoms with van der Waals surface area (Å²) in [6.45, 7) is 0. The molecule has 0 aromatic carbocycles. The number of hydrogen-bond donors (Lipinski definition) is 1. The Morgan fingerprint density at radius 2 is 1.65 bits per heavy atom. The largest absolute Gasteiger partial charge is 0.360 e. The lowest BCUT2D eigenvalue weighted by atomic mass is 9.80. The van der Waals surface area contributed by atoms with E-state index in [9.17, 15) is 0 Å². The number of rotatable bonds is 4. The van der Waals surface area contributed by atoms with Crippen molar-refractivity contribution in [3.05, 3.63) is 0 Å². The van der Waals surface area contributed by atoms with Crippen molar-refractivity contribution in [2.75, 3.05) is 0 Å². The molecule has 2 nitrogen and oxygen atoms in total. The van der Waals surface area contributed by atoms with Gasteiger partial charge in [0.1, 0.15) is 6.23 Å². The standard InChI is InChI=1S/C18H31NO/c19-18(9-12-5-2-1-3-6-12)20-17-11-13-10-16(17)15-8-4-7-14(13)15/h12-18H,1-11,19H2. The Balaban J connectivity index is 1.29. The molecule has 0 aromatic heterocycles. The van der Waals surface area contributed by atoms with E-state index in [2.05, 4.69) is 0 Å². The van der Waals surface area contributed by atoms with Crippen LogP contribution in [-0.4, -0.2) is 12.3 Å². The van der Waals surface area contributed by atoms with Gasteiger partial charge in [0, 0.05) is 0 Å². The van der Waals surface area contributed by atoms with Crippen molar-refractivity contribution in [2.24, 2.45) is 35.3 Å². The van der Waals surface area contributed by atoms with Gasteiger partial charge >= 0.3 is 0 Å². The van der Waals surface area contributed by atoms with Crippen molar-refractivity contribution in [2.45, 2.75) is 83.0 Å². The molecule has 4 saturated carbocycles. The highest BCUT2D eigenvalue weighted by molar-refractivity contribution is 5.03. The molecule has 6 atom stereocenters. The van der Waals surface area contributed by atoms with Crippen LogP contribution in [0, 0.1) is 29.6 Å². The lowest BCUT2D eigenvalue weighted by Crippen LogP contribution is -2.37. The normalized spacial score (nSPS) is 45.8. The van der Waals surface area contributed by atoms with E-state index in [-0.39, 0.29) is 6.23 Å². The van der Waals surface area contributed by atoms with Crippen LogP contribution < -0.4 is 5.73 Å². The summed E-state index contributed by atoms with van der Waals surface area (Å²) in [6, 6.07) is 0. The van der Waals surface area contributed by atoms with Crippen LogP contribution in [0.25, 0.3) is 0 Å². The first-order valence-corrected chi connectivity index (χ1v) is 9.22. The van der Waals surface area contributed by atoms with E-state index in [0.717, 1.165) is 36.0 Å². The maximum Gasteiger partial charge on any atom is 0.106 e. The second-order valence-corrected chi connectivity index (χ2v) is 8.11. The van der Waals surface area contributed by atoms with Gasteiger partial charge in [0.2, 0.25) is 0 Å². The van der Waals surface area contributed by atoms with E-state index in [1.54, 1.807) is 0 Å². The highest BCUT2D eigenvalue weighted by Gasteiger charge is 2.54. The molecule has 0 aliphatic heterocycles. The lowest BCUT2D eigenvalue weighted by Gasteiger charge is -2.34. The topological polar surface area (TPSA) is 35.2 Å². The number of hydrogen-bond acceptors (Lipinski definition) is 2. The van der Waals surface area contributed by atoms with Crippen LogP contribution in [0.4, 0.5) is 0 Å². The monoisotopic (exact) mass is 277 g/mol. The van der Waals surface area contributed by atoms with E-state index >= 15 is 0 Å². The van der Waals surface area contributed by atoms with Crippen LogP contribution in [0.3, 0.4) is 0 Å². The Kier molecular flexibility index (Phi) is 3.80. The van der Waals surface area contributed by atoms with Gasteiger partial charge in [0.15, 0.2) is 0 Å². The molecular weight excluding hydrogens is 246 g/mol. The van der Waals surface area contributed by atoms with Gasteiger partial charge in [-0.3, -0.25) is 0 Å². The Hall–Kier alpha value is -0.0800. The van der Waals surface area contributed by atoms with Crippen molar-refractivity contribution in [1.29, 1.82) is 0 Å². The van der Waals surface area contributed by atoms with Gasteiger partial charge in [0.05, 0.1) is 6.10 Å². The fraction of sp³-hybridized carbons (Fsp3) is 1.00. The summed E-state index contributed by atoms with van der Waals surface area (Å²) < 4.78 is 6.33. The van der Waals surface area contributed by atoms with Crippen molar-refractivity contribution in [1.82, 2.24) is 0 Å². The van der Waals surface area contributed by atoms with Gasteiger partial charge < -0.3 is 10.5 Å². The zero-order valence-electron chi connectivity index (χ0n) is 12.8. The maximum atomic E-state index is 6.33. The minimum absolute atomic E-state index is 0.0160. The molecular formula is C18H31NO. The van der Waals surface area contributed by atoms with Crippen LogP contribution in [-0.2, 0) is 4.74 Å². The highest BCUT2D eigenvalue weighted by atomic mass is 16.5. The van der Waals surface area contributed by atoms with Crippen molar-refractivity contribution < 1.29 is 4.74 Å². The van der Waals surface area contributed by atoms with E-state index < -0.39 is 0 Å². The Labute approximate surface area is 123 Å². The Morgan fingerprint density at radius 3 is 2.50 bits per heavy atom. The van der Waals surface area contributed by atoms with Gasteiger partial charge in [-0.25, -0.2) is 0 Å². The summed E-state index contributed by atoms with van der Waals surface area (Å²) in [4.78, 5) is 0. The number of ether oxygens (including phenoxy) is 1. The van der Waals surface area contributed by atoms with Gasteiger partial charge in [-0.05, 0) is 61.7 Å². The third kappa shape index (κ3) is 2.43. The number of nitrogens with two attached hydrogens (primary N) is 1. The summed E-state index contributed by atoms with van der Waals surface area (Å²) >= 11 is 0. The predicted octanol–water partition coefficient (Wildman–Crippen LogP) is 4.08. The smallest absolute Gasteiger partial charge is 0.106 e. The summed E-state index contributed by atoms with van der Waals surface area (Å²) in [6.07, 6.45) is 15.9. The minimum Gasteiger partial charge on any atom is -0.360 e. The second-order valence-electron chi connectivity index (χ2n) is 8.11. The van der Waals surface area contributed by atoms with Crippen LogP contribution >= 0.6 is 0 Å². The summed E-state index contributed by atoms with van der Waals surface area (Å²) in [5, 5.41) is 0. The first kappa shape index (κ1) is 13.6. The molecule has 0 spiro atoms. The molecule has 0 aromatic rings. The molecule has 2 N–H and O–H groups in total. The zero-order valence-corrected chi connectivity index (χ0v) is 12.8. The second kappa shape index (κ2) is 5.61. The van der Waals surface area contributed by atoms with E-state index in [1.807, 2.05) is 0 Å². The molecule has 4 aliphatic carbocycles. The molecule has 4 fully saturated rings.